The fourth-order valence-electron chi connectivity index (χ4n) is 4.07. The molecule has 2 amide bonds. The van der Waals surface area contributed by atoms with Crippen molar-refractivity contribution in [3.63, 3.8) is 0 Å². The Morgan fingerprint density at radius 3 is 2.24 bits per heavy atom. The van der Waals surface area contributed by atoms with E-state index in [1.54, 1.807) is 13.0 Å². The molecule has 34 heavy (non-hydrogen) atoms. The molecule has 7 heteroatoms. The van der Waals surface area contributed by atoms with E-state index in [9.17, 15) is 14.4 Å². The first-order valence-corrected chi connectivity index (χ1v) is 10.8. The van der Waals surface area contributed by atoms with Crippen molar-refractivity contribution in [3.8, 4) is 11.1 Å². The summed E-state index contributed by atoms with van der Waals surface area (Å²) in [6.07, 6.45) is 2.25. The van der Waals surface area contributed by atoms with Gasteiger partial charge in [0.25, 0.3) is 0 Å². The van der Waals surface area contributed by atoms with E-state index < -0.39 is 12.1 Å². The van der Waals surface area contributed by atoms with Crippen LogP contribution >= 0.6 is 0 Å². The monoisotopic (exact) mass is 456 g/mol. The molecule has 4 rings (SSSR count). The zero-order valence-electron chi connectivity index (χ0n) is 18.6. The fraction of sp³-hybridized carbons (Fsp3) is 0.148. The summed E-state index contributed by atoms with van der Waals surface area (Å²) in [6.45, 7) is 2.06. The Hall–Kier alpha value is -4.39. The number of carbonyl (C=O) groups excluding carboxylic acids is 2. The SMILES string of the molecule is Cc1cc(C(=O)O)ccc1NC(=O)/C=C/CNC(=O)OCC1c2ccccc2-c2ccccc21. The first kappa shape index (κ1) is 22.8. The number of nitrogens with one attached hydrogen (secondary N) is 2. The molecule has 3 N–H and O–H groups in total. The molecule has 3 aromatic carbocycles. The molecule has 0 bridgehead atoms. The maximum absolute atomic E-state index is 12.2. The maximum atomic E-state index is 12.2. The molecule has 1 aliphatic rings. The summed E-state index contributed by atoms with van der Waals surface area (Å²) in [5.41, 5.74) is 5.91. The van der Waals surface area contributed by atoms with E-state index in [-0.39, 0.29) is 30.5 Å². The van der Waals surface area contributed by atoms with E-state index in [0.717, 1.165) is 22.3 Å². The van der Waals surface area contributed by atoms with Crippen LogP contribution in [0.25, 0.3) is 11.1 Å². The summed E-state index contributed by atoms with van der Waals surface area (Å²) in [5, 5.41) is 14.3. The number of ether oxygens (including phenoxy) is 1. The lowest BCUT2D eigenvalue weighted by Gasteiger charge is -2.14. The normalized spacial score (nSPS) is 12.1. The van der Waals surface area contributed by atoms with E-state index in [4.69, 9.17) is 9.84 Å². The molecule has 0 atom stereocenters. The molecule has 0 spiro atoms. The number of amides is 2. The number of carboxylic acid groups (broad SMARTS) is 1. The number of carboxylic acids is 1. The van der Waals surface area contributed by atoms with Gasteiger partial charge >= 0.3 is 12.1 Å². The van der Waals surface area contributed by atoms with Crippen LogP contribution < -0.4 is 10.6 Å². The van der Waals surface area contributed by atoms with Crippen LogP contribution in [0.15, 0.2) is 78.9 Å². The Morgan fingerprint density at radius 1 is 0.971 bits per heavy atom. The molecule has 7 nitrogen and oxygen atoms in total. The third-order valence-electron chi connectivity index (χ3n) is 5.71. The van der Waals surface area contributed by atoms with E-state index in [2.05, 4.69) is 34.9 Å². The third kappa shape index (κ3) is 4.99. The van der Waals surface area contributed by atoms with Gasteiger partial charge in [-0.1, -0.05) is 54.6 Å². The minimum Gasteiger partial charge on any atom is -0.478 e. The van der Waals surface area contributed by atoms with Gasteiger partial charge in [0.15, 0.2) is 0 Å². The number of alkyl carbamates (subject to hydrolysis) is 1. The minimum absolute atomic E-state index is 0.0183. The summed E-state index contributed by atoms with van der Waals surface area (Å²) in [7, 11) is 0. The van der Waals surface area contributed by atoms with Crippen molar-refractivity contribution in [1.82, 2.24) is 5.32 Å². The number of fused-ring (bicyclic) bond motifs is 3. The summed E-state index contributed by atoms with van der Waals surface area (Å²) < 4.78 is 5.46. The number of hydrogen-bond donors (Lipinski definition) is 3. The number of aryl methyl sites for hydroxylation is 1. The van der Waals surface area contributed by atoms with Crippen LogP contribution in [-0.4, -0.2) is 36.2 Å². The summed E-state index contributed by atoms with van der Waals surface area (Å²) in [6, 6.07) is 20.7. The molecule has 0 unspecified atom stereocenters. The Bertz CT molecular complexity index is 1240. The van der Waals surface area contributed by atoms with Crippen LogP contribution in [-0.2, 0) is 9.53 Å². The zero-order valence-corrected chi connectivity index (χ0v) is 18.6. The van der Waals surface area contributed by atoms with Crippen LogP contribution in [0, 0.1) is 6.92 Å². The highest BCUT2D eigenvalue weighted by molar-refractivity contribution is 6.00. The molecule has 1 aliphatic carbocycles. The number of aromatic carboxylic acids is 1. The summed E-state index contributed by atoms with van der Waals surface area (Å²) in [5.74, 6) is -1.43. The maximum Gasteiger partial charge on any atom is 0.407 e. The molecular weight excluding hydrogens is 432 g/mol. The van der Waals surface area contributed by atoms with Crippen LogP contribution in [0.4, 0.5) is 10.5 Å². The quantitative estimate of drug-likeness (QED) is 0.446. The smallest absolute Gasteiger partial charge is 0.407 e. The third-order valence-corrected chi connectivity index (χ3v) is 5.71. The van der Waals surface area contributed by atoms with E-state index in [1.165, 1.54) is 24.3 Å². The summed E-state index contributed by atoms with van der Waals surface area (Å²) >= 11 is 0. The Kier molecular flexibility index (Phi) is 6.73. The van der Waals surface area contributed by atoms with Gasteiger partial charge in [-0.25, -0.2) is 9.59 Å². The average molecular weight is 456 g/mol. The molecule has 0 fully saturated rings. The van der Waals surface area contributed by atoms with Gasteiger partial charge in [-0.15, -0.1) is 0 Å². The van der Waals surface area contributed by atoms with Crippen LogP contribution in [0.2, 0.25) is 0 Å². The second-order valence-corrected chi connectivity index (χ2v) is 7.93. The van der Waals surface area contributed by atoms with Crippen LogP contribution in [0.3, 0.4) is 0 Å². The summed E-state index contributed by atoms with van der Waals surface area (Å²) in [4.78, 5) is 35.3. The van der Waals surface area contributed by atoms with Gasteiger partial charge in [-0.3, -0.25) is 4.79 Å². The molecule has 0 saturated heterocycles. The highest BCUT2D eigenvalue weighted by atomic mass is 16.5. The van der Waals surface area contributed by atoms with Crippen molar-refractivity contribution >= 4 is 23.7 Å². The molecule has 0 aliphatic heterocycles. The van der Waals surface area contributed by atoms with Crippen LogP contribution in [0.1, 0.15) is 33.0 Å². The molecule has 0 radical (unpaired) electrons. The van der Waals surface area contributed by atoms with Crippen molar-refractivity contribution < 1.29 is 24.2 Å². The van der Waals surface area contributed by atoms with Gasteiger partial charge in [0.1, 0.15) is 6.61 Å². The van der Waals surface area contributed by atoms with E-state index >= 15 is 0 Å². The number of rotatable bonds is 7. The van der Waals surface area contributed by atoms with Gasteiger partial charge in [0, 0.05) is 24.2 Å². The topological polar surface area (TPSA) is 105 Å². The van der Waals surface area contributed by atoms with Crippen LogP contribution in [0.5, 0.6) is 0 Å². The van der Waals surface area contributed by atoms with Crippen molar-refractivity contribution in [1.29, 1.82) is 0 Å². The number of hydrogen-bond acceptors (Lipinski definition) is 4. The van der Waals surface area contributed by atoms with Gasteiger partial charge in [-0.05, 0) is 52.9 Å². The minimum atomic E-state index is -1.03. The van der Waals surface area contributed by atoms with Crippen molar-refractivity contribution in [2.45, 2.75) is 12.8 Å². The Balaban J connectivity index is 1.26. The Labute approximate surface area is 197 Å². The van der Waals surface area contributed by atoms with Crippen molar-refractivity contribution in [2.75, 3.05) is 18.5 Å². The highest BCUT2D eigenvalue weighted by Gasteiger charge is 2.28. The number of carbonyl (C=O) groups is 3. The Morgan fingerprint density at radius 2 is 1.62 bits per heavy atom. The number of benzene rings is 3. The highest BCUT2D eigenvalue weighted by Crippen LogP contribution is 2.44. The lowest BCUT2D eigenvalue weighted by atomic mass is 9.98. The van der Waals surface area contributed by atoms with Gasteiger partial charge in [0.05, 0.1) is 5.56 Å². The van der Waals surface area contributed by atoms with E-state index in [1.807, 2.05) is 24.3 Å². The number of anilines is 1. The molecular formula is C27H24N2O5. The standard InChI is InChI=1S/C27H24N2O5/c1-17-15-18(26(31)32)12-13-24(17)29-25(30)11-6-14-28-27(33)34-16-23-21-9-4-2-7-19(21)20-8-3-5-10-22(20)23/h2-13,15,23H,14,16H2,1H3,(H,28,33)(H,29,30)(H,31,32)/b11-6+. The fourth-order valence-corrected chi connectivity index (χ4v) is 4.07. The second kappa shape index (κ2) is 10.0. The predicted molar refractivity (Wildman–Crippen MR) is 129 cm³/mol. The van der Waals surface area contributed by atoms with Crippen molar-refractivity contribution in [2.24, 2.45) is 0 Å². The lowest BCUT2D eigenvalue weighted by Crippen LogP contribution is -2.26. The second-order valence-electron chi connectivity index (χ2n) is 7.93. The van der Waals surface area contributed by atoms with Gasteiger partial charge < -0.3 is 20.5 Å². The largest absolute Gasteiger partial charge is 0.478 e. The molecule has 0 aromatic heterocycles. The lowest BCUT2D eigenvalue weighted by molar-refractivity contribution is -0.111. The molecule has 0 saturated carbocycles. The first-order valence-electron chi connectivity index (χ1n) is 10.8. The zero-order chi connectivity index (χ0) is 24.1. The first-order chi connectivity index (χ1) is 16.4. The molecule has 0 heterocycles. The van der Waals surface area contributed by atoms with Gasteiger partial charge in [0.2, 0.25) is 5.91 Å². The molecule has 3 aromatic rings. The van der Waals surface area contributed by atoms with Crippen molar-refractivity contribution in [3.05, 3.63) is 101 Å². The van der Waals surface area contributed by atoms with Gasteiger partial charge in [-0.2, -0.15) is 0 Å². The molecule has 172 valence electrons. The van der Waals surface area contributed by atoms with E-state index in [0.29, 0.717) is 11.3 Å². The predicted octanol–water partition coefficient (Wildman–Crippen LogP) is 4.73. The average Bonchev–Trinajstić information content (AvgIpc) is 3.15.